The smallest absolute Gasteiger partial charge is 0.456 e. The minimum absolute atomic E-state index is 0.255. The highest BCUT2D eigenvalue weighted by Crippen LogP contribution is 2.35. The fraction of sp³-hybridized carbons (Fsp3) is 0.630. The lowest BCUT2D eigenvalue weighted by atomic mass is 9.97. The third kappa shape index (κ3) is 7.51. The van der Waals surface area contributed by atoms with Gasteiger partial charge in [-0.15, -0.1) is 0 Å². The van der Waals surface area contributed by atoms with Crippen molar-refractivity contribution in [3.05, 3.63) is 35.9 Å². The quantitative estimate of drug-likeness (QED) is 0.288. The summed E-state index contributed by atoms with van der Waals surface area (Å²) in [6.45, 7) is 5.18. The highest BCUT2D eigenvalue weighted by Gasteiger charge is 2.56. The monoisotopic (exact) mass is 582 g/mol. The van der Waals surface area contributed by atoms with Crippen LogP contribution in [-0.2, 0) is 68.4 Å². The summed E-state index contributed by atoms with van der Waals surface area (Å²) in [5.74, 6) is -2.13. The molecule has 0 radical (unpaired) electrons. The Bertz CT molecular complexity index is 1080. The predicted octanol–water partition coefficient (Wildman–Crippen LogP) is 1.40. The molecule has 0 bridgehead atoms. The summed E-state index contributed by atoms with van der Waals surface area (Å²) in [5, 5.41) is 0. The van der Waals surface area contributed by atoms with E-state index in [0.717, 1.165) is 26.3 Å². The Balaban J connectivity index is 1.49. The molecule has 0 amide bonds. The Hall–Kier alpha value is -3.30. The van der Waals surface area contributed by atoms with Crippen LogP contribution in [0.3, 0.4) is 0 Å². The largest absolute Gasteiger partial charge is 0.509 e. The van der Waals surface area contributed by atoms with Crippen molar-refractivity contribution in [1.82, 2.24) is 0 Å². The molecule has 3 heterocycles. The van der Waals surface area contributed by atoms with Crippen molar-refractivity contribution in [2.45, 2.75) is 95.7 Å². The molecule has 1 aromatic carbocycles. The molecule has 14 heteroatoms. The first kappa shape index (κ1) is 30.7. The number of rotatable bonds is 10. The van der Waals surface area contributed by atoms with Gasteiger partial charge in [-0.05, 0) is 12.5 Å². The molecule has 3 fully saturated rings. The van der Waals surface area contributed by atoms with Crippen LogP contribution in [0.2, 0.25) is 0 Å². The van der Waals surface area contributed by atoms with Crippen LogP contribution in [0, 0.1) is 0 Å². The molecular formula is C27H34O14. The maximum atomic E-state index is 12.1. The predicted molar refractivity (Wildman–Crippen MR) is 133 cm³/mol. The van der Waals surface area contributed by atoms with Gasteiger partial charge in [0.2, 0.25) is 0 Å². The third-order valence-corrected chi connectivity index (χ3v) is 6.63. The minimum atomic E-state index is -1.28. The lowest BCUT2D eigenvalue weighted by molar-refractivity contribution is -0.322. The normalized spacial score (nSPS) is 34.5. The number of hydrogen-bond donors (Lipinski definition) is 0. The molecule has 0 aliphatic carbocycles. The second kappa shape index (κ2) is 13.6. The number of carbonyl (C=O) groups is 4. The number of fused-ring (bicyclic) bond motifs is 1. The van der Waals surface area contributed by atoms with Gasteiger partial charge in [0, 0.05) is 27.9 Å². The van der Waals surface area contributed by atoms with Crippen molar-refractivity contribution in [3.63, 3.8) is 0 Å². The van der Waals surface area contributed by atoms with Crippen LogP contribution in [0.5, 0.6) is 0 Å². The molecule has 3 aliphatic rings. The van der Waals surface area contributed by atoms with Crippen LogP contribution < -0.4 is 0 Å². The second-order valence-electron chi connectivity index (χ2n) is 9.72. The van der Waals surface area contributed by atoms with Crippen LogP contribution >= 0.6 is 0 Å². The van der Waals surface area contributed by atoms with Gasteiger partial charge in [-0.25, -0.2) is 4.79 Å². The van der Waals surface area contributed by atoms with Crippen LogP contribution in [0.25, 0.3) is 0 Å². The van der Waals surface area contributed by atoms with E-state index in [1.165, 1.54) is 7.11 Å². The number of methoxy groups -OCH3 is 1. The van der Waals surface area contributed by atoms with Gasteiger partial charge in [0.1, 0.15) is 12.2 Å². The zero-order valence-corrected chi connectivity index (χ0v) is 23.3. The summed E-state index contributed by atoms with van der Waals surface area (Å²) >= 11 is 0. The van der Waals surface area contributed by atoms with Crippen LogP contribution in [0.1, 0.15) is 33.3 Å². The molecule has 3 saturated heterocycles. The number of ether oxygens (including phenoxy) is 10. The highest BCUT2D eigenvalue weighted by molar-refractivity contribution is 5.68. The zero-order chi connectivity index (χ0) is 29.7. The SMILES string of the molecule is CO[C@H]1O[C@H](CO[C@@H]2O[C@@H](C)[C@H](OCc3ccccc3)[C@H]3OC(=O)O[C@@H]23)[C@@H](OC(C)=O)[C@H](OC(C)=O)[C@H]1OC(C)=O. The third-order valence-electron chi connectivity index (χ3n) is 6.63. The summed E-state index contributed by atoms with van der Waals surface area (Å²) < 4.78 is 56.2. The van der Waals surface area contributed by atoms with Gasteiger partial charge in [0.05, 0.1) is 19.3 Å². The molecule has 41 heavy (non-hydrogen) atoms. The Morgan fingerprint density at radius 1 is 0.756 bits per heavy atom. The Morgan fingerprint density at radius 2 is 1.37 bits per heavy atom. The van der Waals surface area contributed by atoms with E-state index in [9.17, 15) is 19.2 Å². The Morgan fingerprint density at radius 3 is 2.00 bits per heavy atom. The minimum Gasteiger partial charge on any atom is -0.456 e. The lowest BCUT2D eigenvalue weighted by Crippen LogP contribution is -2.63. The van der Waals surface area contributed by atoms with Gasteiger partial charge < -0.3 is 47.4 Å². The molecule has 1 aromatic rings. The van der Waals surface area contributed by atoms with E-state index in [0.29, 0.717) is 0 Å². The maximum Gasteiger partial charge on any atom is 0.509 e. The standard InChI is InChI=1S/C27H34O14/c1-13-19(33-11-17-9-7-6-8-10-17)21-24(41-27(31)40-21)26(35-13)34-12-18-20(36-14(2)28)22(37-15(3)29)23(38-16(4)30)25(32-5)39-18/h6-10,13,18-26H,11-12H2,1-5H3/t13-,18+,19-,20+,21+,22-,23+,24+,25-,26+/m0/s1. The van der Waals surface area contributed by atoms with Gasteiger partial charge in [-0.3, -0.25) is 14.4 Å². The molecule has 226 valence electrons. The summed E-state index contributed by atoms with van der Waals surface area (Å²) in [7, 11) is 1.30. The number of carbonyl (C=O) groups excluding carboxylic acids is 4. The maximum absolute atomic E-state index is 12.1. The summed E-state index contributed by atoms with van der Waals surface area (Å²) in [4.78, 5) is 47.8. The molecular weight excluding hydrogens is 548 g/mol. The fourth-order valence-electron chi connectivity index (χ4n) is 4.98. The van der Waals surface area contributed by atoms with Crippen molar-refractivity contribution in [3.8, 4) is 0 Å². The first-order valence-electron chi connectivity index (χ1n) is 13.1. The summed E-state index contributed by atoms with van der Waals surface area (Å²) in [5.41, 5.74) is 0.924. The van der Waals surface area contributed by atoms with E-state index < -0.39 is 85.5 Å². The number of benzene rings is 1. The lowest BCUT2D eigenvalue weighted by Gasteiger charge is -2.44. The van der Waals surface area contributed by atoms with E-state index in [-0.39, 0.29) is 13.2 Å². The second-order valence-corrected chi connectivity index (χ2v) is 9.72. The number of esters is 3. The van der Waals surface area contributed by atoms with E-state index in [1.54, 1.807) is 6.92 Å². The molecule has 0 N–H and O–H groups in total. The van der Waals surface area contributed by atoms with E-state index in [1.807, 2.05) is 30.3 Å². The molecule has 14 nitrogen and oxygen atoms in total. The van der Waals surface area contributed by atoms with E-state index >= 15 is 0 Å². The topological polar surface area (TPSA) is 161 Å². The molecule has 3 aliphatic heterocycles. The van der Waals surface area contributed by atoms with Crippen molar-refractivity contribution < 1.29 is 66.5 Å². The Labute approximate surface area is 236 Å². The number of hydrogen-bond acceptors (Lipinski definition) is 14. The molecule has 4 rings (SSSR count). The van der Waals surface area contributed by atoms with Crippen LogP contribution in [0.4, 0.5) is 4.79 Å². The van der Waals surface area contributed by atoms with Crippen molar-refractivity contribution in [2.75, 3.05) is 13.7 Å². The van der Waals surface area contributed by atoms with Crippen molar-refractivity contribution in [2.24, 2.45) is 0 Å². The van der Waals surface area contributed by atoms with E-state index in [2.05, 4.69) is 0 Å². The van der Waals surface area contributed by atoms with Crippen molar-refractivity contribution in [1.29, 1.82) is 0 Å². The van der Waals surface area contributed by atoms with Gasteiger partial charge >= 0.3 is 24.1 Å². The van der Waals surface area contributed by atoms with Gasteiger partial charge in [-0.2, -0.15) is 0 Å². The molecule has 0 aromatic heterocycles. The molecule has 0 spiro atoms. The molecule has 0 saturated carbocycles. The average molecular weight is 583 g/mol. The van der Waals surface area contributed by atoms with Gasteiger partial charge in [-0.1, -0.05) is 30.3 Å². The van der Waals surface area contributed by atoms with Crippen molar-refractivity contribution >= 4 is 24.1 Å². The first-order valence-corrected chi connectivity index (χ1v) is 13.1. The highest BCUT2D eigenvalue weighted by atomic mass is 16.8. The zero-order valence-electron chi connectivity index (χ0n) is 23.3. The fourth-order valence-corrected chi connectivity index (χ4v) is 4.98. The average Bonchev–Trinajstić information content (AvgIpc) is 3.30. The Kier molecular flexibility index (Phi) is 10.1. The van der Waals surface area contributed by atoms with Gasteiger partial charge in [0.25, 0.3) is 0 Å². The first-order chi connectivity index (χ1) is 19.6. The molecule has 10 atom stereocenters. The van der Waals surface area contributed by atoms with Crippen LogP contribution in [0.15, 0.2) is 30.3 Å². The van der Waals surface area contributed by atoms with E-state index in [4.69, 9.17) is 47.4 Å². The molecule has 0 unspecified atom stereocenters. The summed E-state index contributed by atoms with van der Waals surface area (Å²) in [6.07, 6.45) is -11.1. The van der Waals surface area contributed by atoms with Gasteiger partial charge in [0.15, 0.2) is 43.1 Å². The van der Waals surface area contributed by atoms with Crippen LogP contribution in [-0.4, -0.2) is 99.2 Å². The summed E-state index contributed by atoms with van der Waals surface area (Å²) in [6, 6.07) is 9.47.